The van der Waals surface area contributed by atoms with Crippen molar-refractivity contribution >= 4 is 32.6 Å². The molecule has 120 valence electrons. The summed E-state index contributed by atoms with van der Waals surface area (Å²) in [7, 11) is 0. The molecule has 1 aliphatic carbocycles. The minimum atomic E-state index is 0.311. The molecule has 0 radical (unpaired) electrons. The Morgan fingerprint density at radius 2 is 2.04 bits per heavy atom. The van der Waals surface area contributed by atoms with Gasteiger partial charge in [0.1, 0.15) is 0 Å². The Balaban J connectivity index is 1.36. The van der Waals surface area contributed by atoms with Gasteiger partial charge in [-0.15, -0.1) is 0 Å². The molecule has 0 bridgehead atoms. The van der Waals surface area contributed by atoms with Crippen LogP contribution in [0.1, 0.15) is 19.3 Å². The predicted molar refractivity (Wildman–Crippen MR) is 94.9 cm³/mol. The number of para-hydroxylation sites is 1. The van der Waals surface area contributed by atoms with Crippen molar-refractivity contribution in [3.63, 3.8) is 0 Å². The van der Waals surface area contributed by atoms with Crippen LogP contribution in [0.4, 0.5) is 5.13 Å². The third kappa shape index (κ3) is 3.11. The zero-order chi connectivity index (χ0) is 15.6. The number of piperazine rings is 1. The van der Waals surface area contributed by atoms with Gasteiger partial charge in [-0.3, -0.25) is 4.79 Å². The summed E-state index contributed by atoms with van der Waals surface area (Å²) in [6.45, 7) is 3.38. The lowest BCUT2D eigenvalue weighted by Crippen LogP contribution is -2.49. The number of thiazole rings is 1. The fraction of sp³-hybridized carbons (Fsp3) is 0.444. The van der Waals surface area contributed by atoms with Crippen molar-refractivity contribution in [2.45, 2.75) is 19.3 Å². The number of rotatable bonds is 3. The standard InChI is InChI=1S/C18H21N3OS/c22-17(13-14-5-1-2-6-14)20-9-11-21(12-10-20)18-19-15-7-3-4-8-16(15)23-18/h1,3-5,7-8,14H,2,6,9-13H2/t14-/m0/s1. The highest BCUT2D eigenvalue weighted by Crippen LogP contribution is 2.29. The largest absolute Gasteiger partial charge is 0.345 e. The van der Waals surface area contributed by atoms with Crippen molar-refractivity contribution in [3.05, 3.63) is 36.4 Å². The molecule has 0 unspecified atom stereocenters. The maximum absolute atomic E-state index is 12.4. The Labute approximate surface area is 140 Å². The Morgan fingerprint density at radius 1 is 1.22 bits per heavy atom. The van der Waals surface area contributed by atoms with Crippen molar-refractivity contribution in [1.29, 1.82) is 0 Å². The molecule has 0 spiro atoms. The second-order valence-electron chi connectivity index (χ2n) is 6.30. The van der Waals surface area contributed by atoms with E-state index in [4.69, 9.17) is 4.98 Å². The summed E-state index contributed by atoms with van der Waals surface area (Å²) in [6.07, 6.45) is 7.34. The summed E-state index contributed by atoms with van der Waals surface area (Å²) in [6, 6.07) is 8.26. The zero-order valence-corrected chi connectivity index (χ0v) is 14.0. The molecule has 4 nitrogen and oxygen atoms in total. The number of benzene rings is 1. The molecule has 0 N–H and O–H groups in total. The van der Waals surface area contributed by atoms with Crippen LogP contribution >= 0.6 is 11.3 Å². The molecule has 2 aliphatic rings. The average Bonchev–Trinajstić information content (AvgIpc) is 3.24. The first-order valence-electron chi connectivity index (χ1n) is 8.34. The molecule has 1 fully saturated rings. The molecule has 1 aromatic carbocycles. The summed E-state index contributed by atoms with van der Waals surface area (Å²) in [5.74, 6) is 0.773. The van der Waals surface area contributed by atoms with E-state index in [1.54, 1.807) is 11.3 Å². The minimum absolute atomic E-state index is 0.311. The molecule has 1 aromatic heterocycles. The van der Waals surface area contributed by atoms with Gasteiger partial charge in [-0.2, -0.15) is 0 Å². The Kier molecular flexibility index (Phi) is 4.04. The average molecular weight is 327 g/mol. The summed E-state index contributed by atoms with van der Waals surface area (Å²) in [5, 5.41) is 1.08. The van der Waals surface area contributed by atoms with Crippen molar-refractivity contribution in [2.24, 2.45) is 5.92 Å². The number of anilines is 1. The van der Waals surface area contributed by atoms with E-state index in [2.05, 4.69) is 35.3 Å². The van der Waals surface area contributed by atoms with Gasteiger partial charge in [-0.05, 0) is 30.9 Å². The van der Waals surface area contributed by atoms with Crippen LogP contribution in [0.15, 0.2) is 36.4 Å². The summed E-state index contributed by atoms with van der Waals surface area (Å²) in [5.41, 5.74) is 1.07. The van der Waals surface area contributed by atoms with E-state index in [-0.39, 0.29) is 0 Å². The van der Waals surface area contributed by atoms with Crippen LogP contribution in [0.5, 0.6) is 0 Å². The van der Waals surface area contributed by atoms with E-state index in [9.17, 15) is 4.79 Å². The Morgan fingerprint density at radius 3 is 2.78 bits per heavy atom. The van der Waals surface area contributed by atoms with Crippen LogP contribution in [0.2, 0.25) is 0 Å². The number of carbonyl (C=O) groups is 1. The van der Waals surface area contributed by atoms with Gasteiger partial charge in [0.2, 0.25) is 5.91 Å². The zero-order valence-electron chi connectivity index (χ0n) is 13.1. The molecule has 1 amide bonds. The molecular weight excluding hydrogens is 306 g/mol. The second kappa shape index (κ2) is 6.32. The van der Waals surface area contributed by atoms with Crippen LogP contribution in [-0.4, -0.2) is 42.0 Å². The number of amides is 1. The normalized spacial score (nSPS) is 21.3. The van der Waals surface area contributed by atoms with Gasteiger partial charge in [0.15, 0.2) is 5.13 Å². The van der Waals surface area contributed by atoms with Crippen LogP contribution in [0.25, 0.3) is 10.2 Å². The smallest absolute Gasteiger partial charge is 0.223 e. The number of nitrogens with zero attached hydrogens (tertiary/aromatic N) is 3. The van der Waals surface area contributed by atoms with Gasteiger partial charge in [0.25, 0.3) is 0 Å². The van der Waals surface area contributed by atoms with Gasteiger partial charge in [0, 0.05) is 32.6 Å². The maximum Gasteiger partial charge on any atom is 0.223 e. The molecule has 1 atom stereocenters. The van der Waals surface area contributed by atoms with Crippen LogP contribution < -0.4 is 4.90 Å². The fourth-order valence-electron chi connectivity index (χ4n) is 3.36. The van der Waals surface area contributed by atoms with Crippen molar-refractivity contribution in [3.8, 4) is 0 Å². The fourth-order valence-corrected chi connectivity index (χ4v) is 4.38. The molecule has 1 saturated heterocycles. The second-order valence-corrected chi connectivity index (χ2v) is 7.31. The first-order chi connectivity index (χ1) is 11.3. The third-order valence-corrected chi connectivity index (χ3v) is 5.83. The maximum atomic E-state index is 12.4. The number of hydrogen-bond donors (Lipinski definition) is 0. The molecule has 2 heterocycles. The van der Waals surface area contributed by atoms with E-state index in [1.807, 2.05) is 11.0 Å². The Hall–Kier alpha value is -1.88. The topological polar surface area (TPSA) is 36.4 Å². The lowest BCUT2D eigenvalue weighted by atomic mass is 10.0. The number of carbonyl (C=O) groups excluding carboxylic acids is 1. The van der Waals surface area contributed by atoms with Gasteiger partial charge in [-0.25, -0.2) is 4.98 Å². The van der Waals surface area contributed by atoms with Gasteiger partial charge in [-0.1, -0.05) is 35.6 Å². The van der Waals surface area contributed by atoms with E-state index in [1.165, 1.54) is 4.70 Å². The van der Waals surface area contributed by atoms with Gasteiger partial charge >= 0.3 is 0 Å². The summed E-state index contributed by atoms with van der Waals surface area (Å²) < 4.78 is 1.23. The van der Waals surface area contributed by atoms with Crippen LogP contribution in [0, 0.1) is 5.92 Å². The Bertz CT molecular complexity index is 698. The first kappa shape index (κ1) is 14.7. The van der Waals surface area contributed by atoms with Crippen LogP contribution in [-0.2, 0) is 4.79 Å². The SMILES string of the molecule is O=C(C[C@H]1C=CCC1)N1CCN(c2nc3ccccc3s2)CC1. The van der Waals surface area contributed by atoms with Crippen molar-refractivity contribution in [2.75, 3.05) is 31.1 Å². The monoisotopic (exact) mass is 327 g/mol. The molecular formula is C18H21N3OS. The lowest BCUT2D eigenvalue weighted by Gasteiger charge is -2.35. The number of hydrogen-bond acceptors (Lipinski definition) is 4. The highest BCUT2D eigenvalue weighted by molar-refractivity contribution is 7.22. The number of fused-ring (bicyclic) bond motifs is 1. The number of allylic oxidation sites excluding steroid dienone is 2. The highest BCUT2D eigenvalue weighted by Gasteiger charge is 2.24. The van der Waals surface area contributed by atoms with E-state index in [0.717, 1.165) is 49.7 Å². The van der Waals surface area contributed by atoms with E-state index in [0.29, 0.717) is 18.2 Å². The van der Waals surface area contributed by atoms with Gasteiger partial charge in [0.05, 0.1) is 10.2 Å². The molecule has 1 aliphatic heterocycles. The minimum Gasteiger partial charge on any atom is -0.345 e. The van der Waals surface area contributed by atoms with Crippen molar-refractivity contribution < 1.29 is 4.79 Å². The summed E-state index contributed by atoms with van der Waals surface area (Å²) in [4.78, 5) is 21.5. The van der Waals surface area contributed by atoms with E-state index < -0.39 is 0 Å². The molecule has 2 aromatic rings. The lowest BCUT2D eigenvalue weighted by molar-refractivity contribution is -0.132. The molecule has 4 rings (SSSR count). The third-order valence-electron chi connectivity index (χ3n) is 4.73. The van der Waals surface area contributed by atoms with E-state index >= 15 is 0 Å². The first-order valence-corrected chi connectivity index (χ1v) is 9.16. The summed E-state index contributed by atoms with van der Waals surface area (Å²) >= 11 is 1.74. The van der Waals surface area contributed by atoms with Crippen molar-refractivity contribution in [1.82, 2.24) is 9.88 Å². The molecule has 23 heavy (non-hydrogen) atoms. The molecule has 5 heteroatoms. The quantitative estimate of drug-likeness (QED) is 0.812. The molecule has 0 saturated carbocycles. The predicted octanol–water partition coefficient (Wildman–Crippen LogP) is 3.30. The number of aromatic nitrogens is 1. The highest BCUT2D eigenvalue weighted by atomic mass is 32.1. The van der Waals surface area contributed by atoms with Gasteiger partial charge < -0.3 is 9.80 Å². The van der Waals surface area contributed by atoms with Crippen LogP contribution in [0.3, 0.4) is 0 Å².